The van der Waals surface area contributed by atoms with Crippen LogP contribution in [0.1, 0.15) is 34.1 Å². The zero-order valence-electron chi connectivity index (χ0n) is 12.3. The van der Waals surface area contributed by atoms with E-state index in [9.17, 15) is 9.50 Å². The molecule has 3 heteroatoms. The molecule has 0 aliphatic heterocycles. The standard InChI is InChI=1S/C18H17FO2/c1-10-6-12(3)15(7-11(10)2)18(20)17-9-13-8-14(19)4-5-16(13)21-17/h4-9,18,20H,1-3H3. The molecule has 0 fully saturated rings. The number of aryl methyl sites for hydroxylation is 3. The molecule has 2 aromatic carbocycles. The molecule has 0 radical (unpaired) electrons. The first kappa shape index (κ1) is 13.8. The topological polar surface area (TPSA) is 33.4 Å². The molecule has 3 aromatic rings. The third-order valence-corrected chi connectivity index (χ3v) is 3.94. The second-order valence-corrected chi connectivity index (χ2v) is 5.53. The minimum Gasteiger partial charge on any atom is -0.458 e. The van der Waals surface area contributed by atoms with Gasteiger partial charge in [0.1, 0.15) is 23.3 Å². The molecule has 0 amide bonds. The van der Waals surface area contributed by atoms with E-state index in [0.717, 1.165) is 16.7 Å². The van der Waals surface area contributed by atoms with Crippen LogP contribution >= 0.6 is 0 Å². The largest absolute Gasteiger partial charge is 0.458 e. The summed E-state index contributed by atoms with van der Waals surface area (Å²) in [5, 5.41) is 11.2. The van der Waals surface area contributed by atoms with E-state index in [4.69, 9.17) is 4.42 Å². The van der Waals surface area contributed by atoms with Crippen molar-refractivity contribution in [2.75, 3.05) is 0 Å². The summed E-state index contributed by atoms with van der Waals surface area (Å²) in [6, 6.07) is 10.1. The molecule has 108 valence electrons. The maximum atomic E-state index is 13.2. The van der Waals surface area contributed by atoms with E-state index in [0.29, 0.717) is 16.7 Å². The van der Waals surface area contributed by atoms with Crippen LogP contribution in [0, 0.1) is 26.6 Å². The van der Waals surface area contributed by atoms with E-state index < -0.39 is 6.10 Å². The Hall–Kier alpha value is -2.13. The van der Waals surface area contributed by atoms with Crippen LogP contribution < -0.4 is 0 Å². The predicted octanol–water partition coefficient (Wildman–Crippen LogP) is 4.58. The van der Waals surface area contributed by atoms with Gasteiger partial charge in [0.05, 0.1) is 0 Å². The molecule has 0 aliphatic carbocycles. The summed E-state index contributed by atoms with van der Waals surface area (Å²) < 4.78 is 18.9. The van der Waals surface area contributed by atoms with E-state index in [1.165, 1.54) is 17.7 Å². The molecule has 21 heavy (non-hydrogen) atoms. The van der Waals surface area contributed by atoms with Crippen LogP contribution in [0.3, 0.4) is 0 Å². The normalized spacial score (nSPS) is 12.8. The molecular formula is C18H17FO2. The van der Waals surface area contributed by atoms with E-state index in [1.54, 1.807) is 12.1 Å². The Balaban J connectivity index is 2.07. The minimum atomic E-state index is -0.847. The van der Waals surface area contributed by atoms with Gasteiger partial charge >= 0.3 is 0 Å². The number of furan rings is 1. The molecule has 1 N–H and O–H groups in total. The molecule has 0 aliphatic rings. The second-order valence-electron chi connectivity index (χ2n) is 5.53. The van der Waals surface area contributed by atoms with Gasteiger partial charge in [-0.2, -0.15) is 0 Å². The molecular weight excluding hydrogens is 267 g/mol. The van der Waals surface area contributed by atoms with Gasteiger partial charge in [-0.15, -0.1) is 0 Å². The summed E-state index contributed by atoms with van der Waals surface area (Å²) in [5.41, 5.74) is 4.72. The van der Waals surface area contributed by atoms with Gasteiger partial charge < -0.3 is 9.52 Å². The molecule has 2 nitrogen and oxygen atoms in total. The fourth-order valence-electron chi connectivity index (χ4n) is 2.60. The maximum absolute atomic E-state index is 13.2. The average Bonchev–Trinajstić information content (AvgIpc) is 2.85. The fourth-order valence-corrected chi connectivity index (χ4v) is 2.60. The van der Waals surface area contributed by atoms with Crippen molar-refractivity contribution in [1.82, 2.24) is 0 Å². The summed E-state index contributed by atoms with van der Waals surface area (Å²) >= 11 is 0. The van der Waals surface area contributed by atoms with Crippen LogP contribution in [0.4, 0.5) is 4.39 Å². The number of fused-ring (bicyclic) bond motifs is 1. The third kappa shape index (κ3) is 2.45. The van der Waals surface area contributed by atoms with Crippen LogP contribution in [-0.4, -0.2) is 5.11 Å². The second kappa shape index (κ2) is 5.01. The first-order chi connectivity index (χ1) is 9.95. The van der Waals surface area contributed by atoms with Crippen molar-refractivity contribution in [2.45, 2.75) is 26.9 Å². The lowest BCUT2D eigenvalue weighted by Crippen LogP contribution is -2.02. The van der Waals surface area contributed by atoms with Crippen molar-refractivity contribution in [2.24, 2.45) is 0 Å². The molecule has 0 saturated carbocycles. The molecule has 1 heterocycles. The van der Waals surface area contributed by atoms with Crippen molar-refractivity contribution < 1.29 is 13.9 Å². The van der Waals surface area contributed by atoms with Crippen molar-refractivity contribution in [3.05, 3.63) is 70.2 Å². The molecule has 3 rings (SSSR count). The Morgan fingerprint density at radius 2 is 1.67 bits per heavy atom. The van der Waals surface area contributed by atoms with Gasteiger partial charge in [-0.05, 0) is 67.3 Å². The van der Waals surface area contributed by atoms with Crippen molar-refractivity contribution in [3.63, 3.8) is 0 Å². The highest BCUT2D eigenvalue weighted by molar-refractivity contribution is 5.78. The monoisotopic (exact) mass is 284 g/mol. The maximum Gasteiger partial charge on any atom is 0.138 e. The number of hydrogen-bond acceptors (Lipinski definition) is 2. The summed E-state index contributed by atoms with van der Waals surface area (Å²) in [4.78, 5) is 0. The van der Waals surface area contributed by atoms with Crippen LogP contribution in [0.5, 0.6) is 0 Å². The predicted molar refractivity (Wildman–Crippen MR) is 80.9 cm³/mol. The fraction of sp³-hybridized carbons (Fsp3) is 0.222. The van der Waals surface area contributed by atoms with Gasteiger partial charge in [0, 0.05) is 5.39 Å². The summed E-state index contributed by atoms with van der Waals surface area (Å²) in [6.07, 6.45) is -0.847. The van der Waals surface area contributed by atoms with Gasteiger partial charge in [-0.1, -0.05) is 12.1 Å². The van der Waals surface area contributed by atoms with Crippen LogP contribution in [0.15, 0.2) is 40.8 Å². The molecule has 0 bridgehead atoms. The molecule has 0 spiro atoms. The number of benzene rings is 2. The lowest BCUT2D eigenvalue weighted by atomic mass is 9.96. The minimum absolute atomic E-state index is 0.313. The Labute approximate surface area is 122 Å². The smallest absolute Gasteiger partial charge is 0.138 e. The van der Waals surface area contributed by atoms with Crippen molar-refractivity contribution in [1.29, 1.82) is 0 Å². The Bertz CT molecular complexity index is 817. The zero-order valence-corrected chi connectivity index (χ0v) is 12.3. The average molecular weight is 284 g/mol. The highest BCUT2D eigenvalue weighted by atomic mass is 19.1. The summed E-state index contributed by atoms with van der Waals surface area (Å²) in [5.74, 6) is 0.119. The van der Waals surface area contributed by atoms with Gasteiger partial charge in [0.2, 0.25) is 0 Å². The van der Waals surface area contributed by atoms with Crippen LogP contribution in [0.2, 0.25) is 0 Å². The highest BCUT2D eigenvalue weighted by Crippen LogP contribution is 2.31. The van der Waals surface area contributed by atoms with Gasteiger partial charge in [-0.3, -0.25) is 0 Å². The molecule has 0 saturated heterocycles. The summed E-state index contributed by atoms with van der Waals surface area (Å²) in [7, 11) is 0. The van der Waals surface area contributed by atoms with Gasteiger partial charge in [0.25, 0.3) is 0 Å². The number of aliphatic hydroxyl groups excluding tert-OH is 1. The number of halogens is 1. The lowest BCUT2D eigenvalue weighted by Gasteiger charge is -2.14. The SMILES string of the molecule is Cc1cc(C)c(C(O)c2cc3cc(F)ccc3o2)cc1C. The van der Waals surface area contributed by atoms with Crippen molar-refractivity contribution >= 4 is 11.0 Å². The van der Waals surface area contributed by atoms with E-state index in [1.807, 2.05) is 26.8 Å². The van der Waals surface area contributed by atoms with Gasteiger partial charge in [-0.25, -0.2) is 4.39 Å². The molecule has 1 aromatic heterocycles. The Morgan fingerprint density at radius 3 is 2.43 bits per heavy atom. The van der Waals surface area contributed by atoms with Gasteiger partial charge in [0.15, 0.2) is 0 Å². The third-order valence-electron chi connectivity index (χ3n) is 3.94. The van der Waals surface area contributed by atoms with Crippen LogP contribution in [0.25, 0.3) is 11.0 Å². The molecule has 1 unspecified atom stereocenters. The first-order valence-electron chi connectivity index (χ1n) is 6.90. The first-order valence-corrected chi connectivity index (χ1v) is 6.90. The number of aliphatic hydroxyl groups is 1. The number of hydrogen-bond donors (Lipinski definition) is 1. The zero-order chi connectivity index (χ0) is 15.1. The molecule has 1 atom stereocenters. The lowest BCUT2D eigenvalue weighted by molar-refractivity contribution is 0.191. The summed E-state index contributed by atoms with van der Waals surface area (Å²) in [6.45, 7) is 6.02. The van der Waals surface area contributed by atoms with E-state index >= 15 is 0 Å². The van der Waals surface area contributed by atoms with Crippen molar-refractivity contribution in [3.8, 4) is 0 Å². The van der Waals surface area contributed by atoms with E-state index in [-0.39, 0.29) is 5.82 Å². The van der Waals surface area contributed by atoms with Crippen LogP contribution in [-0.2, 0) is 0 Å². The Morgan fingerprint density at radius 1 is 0.952 bits per heavy atom. The van der Waals surface area contributed by atoms with E-state index in [2.05, 4.69) is 6.07 Å². The quantitative estimate of drug-likeness (QED) is 0.747. The number of rotatable bonds is 2. The Kier molecular flexibility index (Phi) is 3.30. The highest BCUT2D eigenvalue weighted by Gasteiger charge is 2.18.